The van der Waals surface area contributed by atoms with E-state index in [0.717, 1.165) is 5.56 Å². The first-order chi connectivity index (χ1) is 13.0. The van der Waals surface area contributed by atoms with Gasteiger partial charge in [0, 0.05) is 17.3 Å². The van der Waals surface area contributed by atoms with E-state index in [0.29, 0.717) is 34.1 Å². The molecule has 1 aliphatic heterocycles. The molecule has 0 saturated heterocycles. The second kappa shape index (κ2) is 7.82. The van der Waals surface area contributed by atoms with Gasteiger partial charge in [-0.15, -0.1) is 0 Å². The lowest BCUT2D eigenvalue weighted by atomic mass is 10.1. The van der Waals surface area contributed by atoms with Gasteiger partial charge in [0.1, 0.15) is 6.61 Å². The van der Waals surface area contributed by atoms with Crippen molar-refractivity contribution >= 4 is 23.6 Å². The molecule has 140 valence electrons. The number of amides is 1. The first kappa shape index (κ1) is 18.3. The van der Waals surface area contributed by atoms with Gasteiger partial charge in [-0.2, -0.15) is 0 Å². The quantitative estimate of drug-likeness (QED) is 0.622. The van der Waals surface area contributed by atoms with E-state index in [9.17, 15) is 9.59 Å². The summed E-state index contributed by atoms with van der Waals surface area (Å²) in [5, 5.41) is 2.76. The highest BCUT2D eigenvalue weighted by atomic mass is 16.5. The van der Waals surface area contributed by atoms with E-state index in [-0.39, 0.29) is 18.5 Å². The molecule has 3 rings (SSSR count). The highest BCUT2D eigenvalue weighted by Gasteiger charge is 2.21. The molecule has 0 atom stereocenters. The molecular formula is C20H19NO6. The standard InChI is InChI=1S/C20H19NO6/c1-24-16-8-12(9-17(25-2)19(16)26-3)4-7-18(22)21-14-5-6-15-13(10-14)11-27-20(15)23/h4-10H,11H2,1-3H3,(H,21,22)/b7-4+. The summed E-state index contributed by atoms with van der Waals surface area (Å²) in [5.74, 6) is 0.830. The number of carbonyl (C=O) groups excluding carboxylic acids is 2. The van der Waals surface area contributed by atoms with Gasteiger partial charge < -0.3 is 24.3 Å². The Morgan fingerprint density at radius 2 is 1.78 bits per heavy atom. The molecule has 2 aromatic rings. The van der Waals surface area contributed by atoms with Crippen LogP contribution >= 0.6 is 0 Å². The Bertz CT molecular complexity index is 894. The van der Waals surface area contributed by atoms with Crippen LogP contribution in [0.1, 0.15) is 21.5 Å². The van der Waals surface area contributed by atoms with Crippen molar-refractivity contribution in [3.05, 3.63) is 53.1 Å². The SMILES string of the molecule is COc1cc(/C=C/C(=O)Nc2ccc3c(c2)COC3=O)cc(OC)c1OC. The van der Waals surface area contributed by atoms with Crippen molar-refractivity contribution in [3.8, 4) is 17.2 Å². The molecule has 0 unspecified atom stereocenters. The summed E-state index contributed by atoms with van der Waals surface area (Å²) in [4.78, 5) is 23.7. The summed E-state index contributed by atoms with van der Waals surface area (Å²) < 4.78 is 20.8. The molecule has 1 heterocycles. The van der Waals surface area contributed by atoms with Crippen LogP contribution in [0.4, 0.5) is 5.69 Å². The van der Waals surface area contributed by atoms with Gasteiger partial charge in [-0.25, -0.2) is 4.79 Å². The highest BCUT2D eigenvalue weighted by Crippen LogP contribution is 2.38. The van der Waals surface area contributed by atoms with E-state index in [2.05, 4.69) is 5.32 Å². The molecule has 0 aliphatic carbocycles. The Morgan fingerprint density at radius 3 is 2.41 bits per heavy atom. The van der Waals surface area contributed by atoms with Gasteiger partial charge in [-0.05, 0) is 42.0 Å². The Balaban J connectivity index is 1.74. The molecular weight excluding hydrogens is 350 g/mol. The number of rotatable bonds is 6. The van der Waals surface area contributed by atoms with Crippen LogP contribution in [0, 0.1) is 0 Å². The van der Waals surface area contributed by atoms with Crippen LogP contribution in [-0.4, -0.2) is 33.2 Å². The van der Waals surface area contributed by atoms with Crippen LogP contribution in [-0.2, 0) is 16.1 Å². The van der Waals surface area contributed by atoms with Gasteiger partial charge in [-0.3, -0.25) is 4.79 Å². The van der Waals surface area contributed by atoms with E-state index < -0.39 is 0 Å². The van der Waals surface area contributed by atoms with Crippen LogP contribution in [0.5, 0.6) is 17.2 Å². The van der Waals surface area contributed by atoms with Gasteiger partial charge in [0.2, 0.25) is 11.7 Å². The third kappa shape index (κ3) is 3.87. The first-order valence-electron chi connectivity index (χ1n) is 8.15. The minimum atomic E-state index is -0.342. The number of carbonyl (C=O) groups is 2. The van der Waals surface area contributed by atoms with Crippen LogP contribution in [0.2, 0.25) is 0 Å². The summed E-state index contributed by atoms with van der Waals surface area (Å²) in [7, 11) is 4.58. The van der Waals surface area contributed by atoms with Gasteiger partial charge in [0.05, 0.1) is 26.9 Å². The predicted octanol–water partition coefficient (Wildman–Crippen LogP) is 3.03. The Hall–Kier alpha value is -3.48. The van der Waals surface area contributed by atoms with Crippen molar-refractivity contribution in [1.82, 2.24) is 0 Å². The lowest BCUT2D eigenvalue weighted by Crippen LogP contribution is -2.08. The van der Waals surface area contributed by atoms with Crippen LogP contribution < -0.4 is 19.5 Å². The molecule has 7 nitrogen and oxygen atoms in total. The lowest BCUT2D eigenvalue weighted by Gasteiger charge is -2.12. The monoisotopic (exact) mass is 369 g/mol. The van der Waals surface area contributed by atoms with Crippen LogP contribution in [0.3, 0.4) is 0 Å². The summed E-state index contributed by atoms with van der Waals surface area (Å²) >= 11 is 0. The average Bonchev–Trinajstić information content (AvgIpc) is 3.05. The number of fused-ring (bicyclic) bond motifs is 1. The molecule has 1 amide bonds. The smallest absolute Gasteiger partial charge is 0.338 e. The molecule has 0 aromatic heterocycles. The normalized spacial score (nSPS) is 12.5. The second-order valence-corrected chi connectivity index (χ2v) is 5.73. The van der Waals surface area contributed by atoms with E-state index in [1.54, 1.807) is 36.4 Å². The fraction of sp³-hybridized carbons (Fsp3) is 0.200. The molecule has 0 saturated carbocycles. The second-order valence-electron chi connectivity index (χ2n) is 5.73. The molecule has 0 fully saturated rings. The van der Waals surface area contributed by atoms with E-state index >= 15 is 0 Å². The van der Waals surface area contributed by atoms with E-state index in [1.165, 1.54) is 27.4 Å². The fourth-order valence-corrected chi connectivity index (χ4v) is 2.76. The molecule has 7 heteroatoms. The molecule has 27 heavy (non-hydrogen) atoms. The summed E-state index contributed by atoms with van der Waals surface area (Å²) in [6.07, 6.45) is 3.04. The maximum Gasteiger partial charge on any atom is 0.338 e. The van der Waals surface area contributed by atoms with Gasteiger partial charge in [0.25, 0.3) is 0 Å². The van der Waals surface area contributed by atoms with Crippen LogP contribution in [0.15, 0.2) is 36.4 Å². The van der Waals surface area contributed by atoms with Crippen molar-refractivity contribution in [1.29, 1.82) is 0 Å². The molecule has 1 aliphatic rings. The molecule has 2 aromatic carbocycles. The minimum Gasteiger partial charge on any atom is -0.493 e. The van der Waals surface area contributed by atoms with Gasteiger partial charge in [-0.1, -0.05) is 0 Å². The third-order valence-electron chi connectivity index (χ3n) is 4.07. The summed E-state index contributed by atoms with van der Waals surface area (Å²) in [5.41, 5.74) is 2.59. The van der Waals surface area contributed by atoms with Crippen LogP contribution in [0.25, 0.3) is 6.08 Å². The van der Waals surface area contributed by atoms with E-state index in [4.69, 9.17) is 18.9 Å². The maximum atomic E-state index is 12.2. The highest BCUT2D eigenvalue weighted by molar-refractivity contribution is 6.02. The Labute approximate surface area is 156 Å². The maximum absolute atomic E-state index is 12.2. The zero-order valence-electron chi connectivity index (χ0n) is 15.2. The molecule has 0 radical (unpaired) electrons. The largest absolute Gasteiger partial charge is 0.493 e. The zero-order valence-corrected chi connectivity index (χ0v) is 15.2. The van der Waals surface area contributed by atoms with E-state index in [1.807, 2.05) is 0 Å². The van der Waals surface area contributed by atoms with Gasteiger partial charge in [0.15, 0.2) is 11.5 Å². The number of hydrogen-bond donors (Lipinski definition) is 1. The zero-order chi connectivity index (χ0) is 19.4. The summed E-state index contributed by atoms with van der Waals surface area (Å²) in [6.45, 7) is 0.221. The minimum absolute atomic E-state index is 0.221. The average molecular weight is 369 g/mol. The molecule has 1 N–H and O–H groups in total. The van der Waals surface area contributed by atoms with Crippen molar-refractivity contribution in [2.45, 2.75) is 6.61 Å². The van der Waals surface area contributed by atoms with Crippen molar-refractivity contribution in [2.24, 2.45) is 0 Å². The summed E-state index contributed by atoms with van der Waals surface area (Å²) in [6, 6.07) is 8.51. The van der Waals surface area contributed by atoms with Gasteiger partial charge >= 0.3 is 5.97 Å². The van der Waals surface area contributed by atoms with Crippen molar-refractivity contribution < 1.29 is 28.5 Å². The van der Waals surface area contributed by atoms with Crippen molar-refractivity contribution in [3.63, 3.8) is 0 Å². The Kier molecular flexibility index (Phi) is 5.30. The number of ether oxygens (including phenoxy) is 4. The lowest BCUT2D eigenvalue weighted by molar-refractivity contribution is -0.111. The number of methoxy groups -OCH3 is 3. The molecule has 0 bridgehead atoms. The van der Waals surface area contributed by atoms with Crippen molar-refractivity contribution in [2.75, 3.05) is 26.6 Å². The number of nitrogens with one attached hydrogen (secondary N) is 1. The predicted molar refractivity (Wildman–Crippen MR) is 99.3 cm³/mol. The fourth-order valence-electron chi connectivity index (χ4n) is 2.76. The topological polar surface area (TPSA) is 83.1 Å². The number of hydrogen-bond acceptors (Lipinski definition) is 6. The number of cyclic esters (lactones) is 1. The number of anilines is 1. The number of benzene rings is 2. The number of esters is 1. The Morgan fingerprint density at radius 1 is 1.07 bits per heavy atom. The first-order valence-corrected chi connectivity index (χ1v) is 8.15. The molecule has 0 spiro atoms. The third-order valence-corrected chi connectivity index (χ3v) is 4.07.